The highest BCUT2D eigenvalue weighted by molar-refractivity contribution is 9.10. The van der Waals surface area contributed by atoms with Gasteiger partial charge in [0.05, 0.1) is 11.3 Å². The highest BCUT2D eigenvalue weighted by Crippen LogP contribution is 2.36. The summed E-state index contributed by atoms with van der Waals surface area (Å²) in [6.07, 6.45) is 1.78. The van der Waals surface area contributed by atoms with Crippen molar-refractivity contribution in [1.82, 2.24) is 15.2 Å². The van der Waals surface area contributed by atoms with E-state index < -0.39 is 0 Å². The Morgan fingerprint density at radius 2 is 2.05 bits per heavy atom. The van der Waals surface area contributed by atoms with Crippen molar-refractivity contribution in [3.05, 3.63) is 52.8 Å². The maximum Gasteiger partial charge on any atom is 0.153 e. The van der Waals surface area contributed by atoms with Crippen LogP contribution in [-0.2, 0) is 0 Å². The van der Waals surface area contributed by atoms with Crippen molar-refractivity contribution in [2.24, 2.45) is 0 Å². The fraction of sp³-hybridized carbons (Fsp3) is 0.0667. The molecule has 3 N–H and O–H groups in total. The Balaban J connectivity index is 2.23. The number of nitrogen functional groups attached to an aromatic ring is 1. The van der Waals surface area contributed by atoms with Crippen LogP contribution < -0.4 is 5.73 Å². The van der Waals surface area contributed by atoms with Crippen LogP contribution in [0.25, 0.3) is 22.4 Å². The summed E-state index contributed by atoms with van der Waals surface area (Å²) in [7, 11) is 0. The zero-order valence-electron chi connectivity index (χ0n) is 10.9. The molecule has 0 radical (unpaired) electrons. The molecular formula is C15H13BrN4. The fourth-order valence-corrected chi connectivity index (χ4v) is 2.63. The highest BCUT2D eigenvalue weighted by Gasteiger charge is 2.16. The molecular weight excluding hydrogens is 316 g/mol. The van der Waals surface area contributed by atoms with Crippen LogP contribution in [0.5, 0.6) is 0 Å². The van der Waals surface area contributed by atoms with Crippen molar-refractivity contribution in [1.29, 1.82) is 0 Å². The molecule has 2 heterocycles. The van der Waals surface area contributed by atoms with Gasteiger partial charge in [-0.2, -0.15) is 5.10 Å². The van der Waals surface area contributed by atoms with Crippen molar-refractivity contribution < 1.29 is 0 Å². The number of aromatic amines is 1. The smallest absolute Gasteiger partial charge is 0.153 e. The molecule has 0 unspecified atom stereocenters. The third-order valence-electron chi connectivity index (χ3n) is 3.18. The summed E-state index contributed by atoms with van der Waals surface area (Å²) in [5.41, 5.74) is 10.8. The lowest BCUT2D eigenvalue weighted by Gasteiger charge is -2.07. The van der Waals surface area contributed by atoms with Crippen LogP contribution >= 0.6 is 15.9 Å². The Labute approximate surface area is 125 Å². The number of hydrogen-bond acceptors (Lipinski definition) is 3. The Morgan fingerprint density at radius 1 is 1.20 bits per heavy atom. The van der Waals surface area contributed by atoms with Gasteiger partial charge < -0.3 is 5.73 Å². The molecule has 0 spiro atoms. The van der Waals surface area contributed by atoms with Crippen LogP contribution in [0.15, 0.2) is 47.1 Å². The number of nitrogens with two attached hydrogens (primary N) is 1. The second-order valence-corrected chi connectivity index (χ2v) is 5.42. The minimum atomic E-state index is 0.487. The SMILES string of the molecule is Cc1ncccc1-c1[nH]nc(N)c1-c1cccc(Br)c1. The molecule has 0 atom stereocenters. The number of aryl methyl sites for hydroxylation is 1. The third kappa shape index (κ3) is 2.20. The molecule has 1 aromatic carbocycles. The van der Waals surface area contributed by atoms with E-state index in [2.05, 4.69) is 31.1 Å². The van der Waals surface area contributed by atoms with Gasteiger partial charge in [0, 0.05) is 21.9 Å². The van der Waals surface area contributed by atoms with E-state index in [-0.39, 0.29) is 0 Å². The third-order valence-corrected chi connectivity index (χ3v) is 3.68. The largest absolute Gasteiger partial charge is 0.382 e. The second kappa shape index (κ2) is 5.09. The van der Waals surface area contributed by atoms with Gasteiger partial charge >= 0.3 is 0 Å². The quantitative estimate of drug-likeness (QED) is 0.752. The summed E-state index contributed by atoms with van der Waals surface area (Å²) < 4.78 is 1.00. The highest BCUT2D eigenvalue weighted by atomic mass is 79.9. The van der Waals surface area contributed by atoms with Gasteiger partial charge in [-0.1, -0.05) is 28.1 Å². The van der Waals surface area contributed by atoms with E-state index in [9.17, 15) is 0 Å². The number of H-pyrrole nitrogens is 1. The van der Waals surface area contributed by atoms with E-state index in [0.717, 1.165) is 32.6 Å². The first-order valence-corrected chi connectivity index (χ1v) is 6.98. The first-order valence-electron chi connectivity index (χ1n) is 6.18. The Kier molecular flexibility index (Phi) is 3.28. The van der Waals surface area contributed by atoms with Gasteiger partial charge in [0.15, 0.2) is 5.82 Å². The maximum atomic E-state index is 6.03. The molecule has 3 aromatic rings. The molecule has 0 saturated carbocycles. The minimum absolute atomic E-state index is 0.487. The number of anilines is 1. The van der Waals surface area contributed by atoms with E-state index >= 15 is 0 Å². The molecule has 0 amide bonds. The predicted molar refractivity (Wildman–Crippen MR) is 84.1 cm³/mol. The lowest BCUT2D eigenvalue weighted by atomic mass is 10.0. The summed E-state index contributed by atoms with van der Waals surface area (Å²) >= 11 is 3.48. The van der Waals surface area contributed by atoms with E-state index in [1.54, 1.807) is 6.20 Å². The first-order chi connectivity index (χ1) is 9.66. The minimum Gasteiger partial charge on any atom is -0.382 e. The lowest BCUT2D eigenvalue weighted by Crippen LogP contribution is -1.91. The standard InChI is InChI=1S/C15H13BrN4/c1-9-12(6-3-7-18-9)14-13(15(17)20-19-14)10-4-2-5-11(16)8-10/h2-8H,1H3,(H3,17,19,20). The normalized spacial score (nSPS) is 10.7. The number of benzene rings is 1. The van der Waals surface area contributed by atoms with Crippen LogP contribution in [0.4, 0.5) is 5.82 Å². The summed E-state index contributed by atoms with van der Waals surface area (Å²) in [6.45, 7) is 1.97. The molecule has 4 nitrogen and oxygen atoms in total. The molecule has 2 aromatic heterocycles. The van der Waals surface area contributed by atoms with Gasteiger partial charge in [-0.05, 0) is 36.8 Å². The van der Waals surface area contributed by atoms with Crippen LogP contribution in [0.3, 0.4) is 0 Å². The van der Waals surface area contributed by atoms with Crippen molar-refractivity contribution >= 4 is 21.7 Å². The molecule has 0 fully saturated rings. The molecule has 100 valence electrons. The molecule has 5 heteroatoms. The van der Waals surface area contributed by atoms with Crippen LogP contribution in [0.1, 0.15) is 5.69 Å². The van der Waals surface area contributed by atoms with E-state index in [4.69, 9.17) is 5.73 Å². The average Bonchev–Trinajstić information content (AvgIpc) is 2.81. The van der Waals surface area contributed by atoms with Gasteiger partial charge in [0.1, 0.15) is 0 Å². The number of nitrogens with zero attached hydrogens (tertiary/aromatic N) is 2. The van der Waals surface area contributed by atoms with Gasteiger partial charge in [0.2, 0.25) is 0 Å². The second-order valence-electron chi connectivity index (χ2n) is 4.51. The Hall–Kier alpha value is -2.14. The summed E-state index contributed by atoms with van der Waals surface area (Å²) in [4.78, 5) is 4.32. The van der Waals surface area contributed by atoms with Crippen molar-refractivity contribution in [3.8, 4) is 22.4 Å². The molecule has 20 heavy (non-hydrogen) atoms. The monoisotopic (exact) mass is 328 g/mol. The van der Waals surface area contributed by atoms with Gasteiger partial charge in [0.25, 0.3) is 0 Å². The van der Waals surface area contributed by atoms with E-state index in [1.165, 1.54) is 0 Å². The number of pyridine rings is 1. The van der Waals surface area contributed by atoms with Gasteiger partial charge in [-0.15, -0.1) is 0 Å². The van der Waals surface area contributed by atoms with E-state index in [0.29, 0.717) is 5.82 Å². The maximum absolute atomic E-state index is 6.03. The zero-order valence-corrected chi connectivity index (χ0v) is 12.5. The average molecular weight is 329 g/mol. The first kappa shape index (κ1) is 12.9. The van der Waals surface area contributed by atoms with Crippen molar-refractivity contribution in [2.75, 3.05) is 5.73 Å². The molecule has 0 aliphatic rings. The Morgan fingerprint density at radius 3 is 2.80 bits per heavy atom. The molecule has 0 aliphatic carbocycles. The van der Waals surface area contributed by atoms with Crippen LogP contribution in [0, 0.1) is 6.92 Å². The van der Waals surface area contributed by atoms with Crippen molar-refractivity contribution in [3.63, 3.8) is 0 Å². The zero-order chi connectivity index (χ0) is 14.1. The topological polar surface area (TPSA) is 67.6 Å². The number of hydrogen-bond donors (Lipinski definition) is 2. The summed E-state index contributed by atoms with van der Waals surface area (Å²) in [5.74, 6) is 0.487. The molecule has 3 rings (SSSR count). The number of rotatable bonds is 2. The lowest BCUT2D eigenvalue weighted by molar-refractivity contribution is 1.09. The number of aromatic nitrogens is 3. The summed E-state index contributed by atoms with van der Waals surface area (Å²) in [6, 6.07) is 11.9. The summed E-state index contributed by atoms with van der Waals surface area (Å²) in [5, 5.41) is 7.17. The van der Waals surface area contributed by atoms with Gasteiger partial charge in [-0.3, -0.25) is 10.1 Å². The van der Waals surface area contributed by atoms with Crippen LogP contribution in [0.2, 0.25) is 0 Å². The Bertz CT molecular complexity index is 764. The number of halogens is 1. The molecule has 0 bridgehead atoms. The molecule has 0 aliphatic heterocycles. The number of nitrogens with one attached hydrogen (secondary N) is 1. The van der Waals surface area contributed by atoms with Gasteiger partial charge in [-0.25, -0.2) is 0 Å². The van der Waals surface area contributed by atoms with Crippen molar-refractivity contribution in [2.45, 2.75) is 6.92 Å². The molecule has 0 saturated heterocycles. The predicted octanol–water partition coefficient (Wildman–Crippen LogP) is 3.79. The van der Waals surface area contributed by atoms with E-state index in [1.807, 2.05) is 43.3 Å². The van der Waals surface area contributed by atoms with Crippen LogP contribution in [-0.4, -0.2) is 15.2 Å². The fourth-order valence-electron chi connectivity index (χ4n) is 2.24.